The summed E-state index contributed by atoms with van der Waals surface area (Å²) < 4.78 is 44.9. The molecule has 0 rings (SSSR count). The first-order valence-electron chi connectivity index (χ1n) is 5.06. The molecule has 0 heterocycles. The lowest BCUT2D eigenvalue weighted by molar-refractivity contribution is -0.201. The molecule has 0 amide bonds. The van der Waals surface area contributed by atoms with E-state index in [1.165, 1.54) is 0 Å². The fraction of sp³-hybridized carbons (Fsp3) is 0.889. The third kappa shape index (κ3) is 8.90. The first-order chi connectivity index (χ1) is 7.88. The van der Waals surface area contributed by atoms with Crippen LogP contribution in [0.5, 0.6) is 0 Å². The highest BCUT2D eigenvalue weighted by molar-refractivity contribution is 5.70. The third-order valence-corrected chi connectivity index (χ3v) is 1.66. The van der Waals surface area contributed by atoms with E-state index < -0.39 is 24.8 Å². The summed E-state index contributed by atoms with van der Waals surface area (Å²) in [6, 6.07) is 0. The first-order valence-corrected chi connectivity index (χ1v) is 5.06. The predicted molar refractivity (Wildman–Crippen MR) is 52.4 cm³/mol. The molecular formula is C9H16F3NO4. The second-order valence-electron chi connectivity index (χ2n) is 3.12. The van der Waals surface area contributed by atoms with Gasteiger partial charge in [0, 0.05) is 13.1 Å². The van der Waals surface area contributed by atoms with Crippen LogP contribution in [0.15, 0.2) is 0 Å². The fourth-order valence-corrected chi connectivity index (χ4v) is 0.857. The summed E-state index contributed by atoms with van der Waals surface area (Å²) in [4.78, 5) is 10.8. The van der Waals surface area contributed by atoms with Crippen LogP contribution in [0.4, 0.5) is 13.2 Å². The average molecular weight is 259 g/mol. The monoisotopic (exact) mass is 259 g/mol. The fourth-order valence-electron chi connectivity index (χ4n) is 0.857. The van der Waals surface area contributed by atoms with E-state index in [-0.39, 0.29) is 26.4 Å². The van der Waals surface area contributed by atoms with E-state index in [1.54, 1.807) is 6.92 Å². The number of esters is 1. The zero-order valence-corrected chi connectivity index (χ0v) is 9.42. The molecule has 1 atom stereocenters. The SMILES string of the molecule is CCOC(=O)COCCNCC(O)C(F)(F)F. The smallest absolute Gasteiger partial charge is 0.415 e. The molecule has 0 aliphatic rings. The number of halogens is 3. The molecule has 5 nitrogen and oxygen atoms in total. The van der Waals surface area contributed by atoms with Gasteiger partial charge in [-0.15, -0.1) is 0 Å². The predicted octanol–water partition coefficient (Wildman–Crippen LogP) is 0.0789. The van der Waals surface area contributed by atoms with Crippen molar-refractivity contribution in [3.63, 3.8) is 0 Å². The van der Waals surface area contributed by atoms with Gasteiger partial charge < -0.3 is 19.9 Å². The molecule has 0 bridgehead atoms. The van der Waals surface area contributed by atoms with Crippen molar-refractivity contribution < 1.29 is 32.5 Å². The number of ether oxygens (including phenoxy) is 2. The van der Waals surface area contributed by atoms with E-state index in [9.17, 15) is 18.0 Å². The van der Waals surface area contributed by atoms with Crippen LogP contribution in [0, 0.1) is 0 Å². The first kappa shape index (κ1) is 16.1. The minimum absolute atomic E-state index is 0.0589. The average Bonchev–Trinajstić information content (AvgIpc) is 2.21. The summed E-state index contributed by atoms with van der Waals surface area (Å²) in [5.41, 5.74) is 0. The number of aliphatic hydroxyl groups is 1. The number of alkyl halides is 3. The van der Waals surface area contributed by atoms with Gasteiger partial charge in [0.2, 0.25) is 0 Å². The van der Waals surface area contributed by atoms with Gasteiger partial charge in [0.15, 0.2) is 6.10 Å². The molecule has 8 heteroatoms. The standard InChI is InChI=1S/C9H16F3NO4/c1-2-17-8(15)6-16-4-3-13-5-7(14)9(10,11)12/h7,13-14H,2-6H2,1H3. The highest BCUT2D eigenvalue weighted by Gasteiger charge is 2.37. The Labute approximate surface area is 96.9 Å². The third-order valence-electron chi connectivity index (χ3n) is 1.66. The van der Waals surface area contributed by atoms with Crippen LogP contribution in [0.3, 0.4) is 0 Å². The van der Waals surface area contributed by atoms with Crippen LogP contribution in [0.2, 0.25) is 0 Å². The van der Waals surface area contributed by atoms with Crippen molar-refractivity contribution in [2.24, 2.45) is 0 Å². The molecule has 0 aliphatic heterocycles. The Bertz CT molecular complexity index is 223. The number of aliphatic hydroxyl groups excluding tert-OH is 1. The van der Waals surface area contributed by atoms with Gasteiger partial charge in [-0.05, 0) is 6.92 Å². The zero-order valence-electron chi connectivity index (χ0n) is 9.42. The quantitative estimate of drug-likeness (QED) is 0.477. The second kappa shape index (κ2) is 8.26. The number of nitrogens with one attached hydrogen (secondary N) is 1. The van der Waals surface area contributed by atoms with Crippen molar-refractivity contribution in [2.45, 2.75) is 19.2 Å². The Morgan fingerprint density at radius 3 is 2.65 bits per heavy atom. The van der Waals surface area contributed by atoms with Crippen LogP contribution in [-0.4, -0.2) is 56.3 Å². The van der Waals surface area contributed by atoms with Crippen molar-refractivity contribution in [1.29, 1.82) is 0 Å². The van der Waals surface area contributed by atoms with Crippen LogP contribution in [0.1, 0.15) is 6.92 Å². The highest BCUT2D eigenvalue weighted by atomic mass is 19.4. The summed E-state index contributed by atoms with van der Waals surface area (Å²) in [6.07, 6.45) is -7.02. The summed E-state index contributed by atoms with van der Waals surface area (Å²) in [7, 11) is 0. The summed E-state index contributed by atoms with van der Waals surface area (Å²) in [6.45, 7) is 1.22. The van der Waals surface area contributed by atoms with Crippen LogP contribution in [0.25, 0.3) is 0 Å². The number of carbonyl (C=O) groups excluding carboxylic acids is 1. The number of carbonyl (C=O) groups is 1. The molecule has 0 spiro atoms. The molecule has 102 valence electrons. The molecule has 1 unspecified atom stereocenters. The van der Waals surface area contributed by atoms with E-state index in [0.29, 0.717) is 0 Å². The molecule has 0 radical (unpaired) electrons. The van der Waals surface area contributed by atoms with Crippen LogP contribution < -0.4 is 5.32 Å². The van der Waals surface area contributed by atoms with E-state index in [0.717, 1.165) is 0 Å². The molecule has 0 fully saturated rings. The summed E-state index contributed by atoms with van der Waals surface area (Å²) in [5, 5.41) is 10.9. The molecule has 0 aromatic heterocycles. The van der Waals surface area contributed by atoms with E-state index in [4.69, 9.17) is 9.84 Å². The van der Waals surface area contributed by atoms with Gasteiger partial charge >= 0.3 is 12.1 Å². The van der Waals surface area contributed by atoms with Crippen molar-refractivity contribution in [3.8, 4) is 0 Å². The van der Waals surface area contributed by atoms with Crippen molar-refractivity contribution in [2.75, 3.05) is 32.9 Å². The van der Waals surface area contributed by atoms with Gasteiger partial charge in [0.1, 0.15) is 6.61 Å². The molecular weight excluding hydrogens is 243 g/mol. The molecule has 2 N–H and O–H groups in total. The van der Waals surface area contributed by atoms with Crippen molar-refractivity contribution in [3.05, 3.63) is 0 Å². The molecule has 0 aromatic carbocycles. The maximum Gasteiger partial charge on any atom is 0.415 e. The molecule has 0 aromatic rings. The minimum Gasteiger partial charge on any atom is -0.464 e. The lowest BCUT2D eigenvalue weighted by atomic mass is 10.3. The number of rotatable bonds is 8. The lowest BCUT2D eigenvalue weighted by Crippen LogP contribution is -2.39. The maximum atomic E-state index is 11.8. The Hall–Kier alpha value is -0.860. The topological polar surface area (TPSA) is 67.8 Å². The summed E-state index contributed by atoms with van der Waals surface area (Å²) >= 11 is 0. The normalized spacial score (nSPS) is 13.5. The molecule has 0 saturated heterocycles. The molecule has 17 heavy (non-hydrogen) atoms. The van der Waals surface area contributed by atoms with Crippen LogP contribution >= 0.6 is 0 Å². The van der Waals surface area contributed by atoms with Gasteiger partial charge in [-0.1, -0.05) is 0 Å². The highest BCUT2D eigenvalue weighted by Crippen LogP contribution is 2.18. The maximum absolute atomic E-state index is 11.8. The Morgan fingerprint density at radius 2 is 2.12 bits per heavy atom. The van der Waals surface area contributed by atoms with Crippen molar-refractivity contribution in [1.82, 2.24) is 5.32 Å². The van der Waals surface area contributed by atoms with Gasteiger partial charge in [-0.3, -0.25) is 0 Å². The van der Waals surface area contributed by atoms with Gasteiger partial charge in [0.25, 0.3) is 0 Å². The Morgan fingerprint density at radius 1 is 1.47 bits per heavy atom. The zero-order chi connectivity index (χ0) is 13.3. The van der Waals surface area contributed by atoms with Crippen LogP contribution in [-0.2, 0) is 14.3 Å². The van der Waals surface area contributed by atoms with Gasteiger partial charge in [0.05, 0.1) is 13.2 Å². The Kier molecular flexibility index (Phi) is 7.85. The van der Waals surface area contributed by atoms with Crippen molar-refractivity contribution >= 4 is 5.97 Å². The summed E-state index contributed by atoms with van der Waals surface area (Å²) in [5.74, 6) is -0.525. The Balaban J connectivity index is 3.38. The number of hydrogen-bond acceptors (Lipinski definition) is 5. The number of hydrogen-bond donors (Lipinski definition) is 2. The largest absolute Gasteiger partial charge is 0.464 e. The van der Waals surface area contributed by atoms with E-state index in [2.05, 4.69) is 10.1 Å². The van der Waals surface area contributed by atoms with E-state index >= 15 is 0 Å². The lowest BCUT2D eigenvalue weighted by Gasteiger charge is -2.14. The minimum atomic E-state index is -4.63. The van der Waals surface area contributed by atoms with Gasteiger partial charge in [-0.25, -0.2) is 4.79 Å². The molecule has 0 aliphatic carbocycles. The van der Waals surface area contributed by atoms with Gasteiger partial charge in [-0.2, -0.15) is 13.2 Å². The second-order valence-corrected chi connectivity index (χ2v) is 3.12. The van der Waals surface area contributed by atoms with E-state index in [1.807, 2.05) is 0 Å². The molecule has 0 saturated carbocycles.